The van der Waals surface area contributed by atoms with Crippen molar-refractivity contribution in [1.82, 2.24) is 34.6 Å². The summed E-state index contributed by atoms with van der Waals surface area (Å²) in [5.41, 5.74) is 8.68. The summed E-state index contributed by atoms with van der Waals surface area (Å²) in [5.74, 6) is 0.436. The van der Waals surface area contributed by atoms with Crippen LogP contribution in [0.5, 0.6) is 0 Å². The maximum atomic E-state index is 14.0. The number of hydrogen-bond acceptors (Lipinski definition) is 6. The van der Waals surface area contributed by atoms with Gasteiger partial charge in [-0.25, -0.2) is 14.3 Å². The van der Waals surface area contributed by atoms with Gasteiger partial charge in [0.05, 0.1) is 23.1 Å². The third-order valence-corrected chi connectivity index (χ3v) is 13.6. The summed E-state index contributed by atoms with van der Waals surface area (Å²) in [5, 5.41) is 26.2. The van der Waals surface area contributed by atoms with E-state index in [2.05, 4.69) is 174 Å². The third-order valence-electron chi connectivity index (χ3n) is 13.6. The number of nitrogens with zero attached hydrogens (tertiary/aromatic N) is 6. The van der Waals surface area contributed by atoms with E-state index >= 15 is 0 Å². The van der Waals surface area contributed by atoms with Crippen molar-refractivity contribution in [1.29, 1.82) is 0 Å². The lowest BCUT2D eigenvalue weighted by atomic mass is 9.24. The first kappa shape index (κ1) is 43.1. The molecule has 5 aromatic rings. The number of nitrogens with one attached hydrogen (secondary N) is 1. The zero-order valence-corrected chi connectivity index (χ0v) is 38.0. The highest BCUT2D eigenvalue weighted by Crippen LogP contribution is 2.82. The second kappa shape index (κ2) is 14.1. The van der Waals surface area contributed by atoms with E-state index in [-0.39, 0.29) is 5.41 Å². The molecule has 4 N–H and O–H groups in total. The van der Waals surface area contributed by atoms with Crippen LogP contribution in [0.3, 0.4) is 0 Å². The second-order valence-electron chi connectivity index (χ2n) is 22.0. The van der Waals surface area contributed by atoms with Gasteiger partial charge in [0, 0.05) is 34.8 Å². The smallest absolute Gasteiger partial charge is 0.408 e. The lowest BCUT2D eigenvalue weighted by Gasteiger charge is -2.91. The largest absolute Gasteiger partial charge is 0.465 e. The van der Waals surface area contributed by atoms with Crippen LogP contribution in [-0.2, 0) is 13.0 Å². The fraction of sp³-hybridized carbons (Fsp3) is 0.583. The van der Waals surface area contributed by atoms with E-state index in [1.54, 1.807) is 0 Å². The van der Waals surface area contributed by atoms with Crippen LogP contribution in [0.15, 0.2) is 67.1 Å². The van der Waals surface area contributed by atoms with Crippen LogP contribution < -0.4 is 11.1 Å². The summed E-state index contributed by atoms with van der Waals surface area (Å²) in [4.78, 5) is 20.3. The number of aromatic nitrogens is 5. The first-order valence-corrected chi connectivity index (χ1v) is 21.1. The summed E-state index contributed by atoms with van der Waals surface area (Å²) in [7, 11) is 0. The molecule has 0 atom stereocenters. The quantitative estimate of drug-likeness (QED) is 0.127. The molecule has 1 amide bonds. The molecule has 0 bridgehead atoms. The first-order chi connectivity index (χ1) is 26.7. The van der Waals surface area contributed by atoms with Gasteiger partial charge < -0.3 is 16.2 Å². The summed E-state index contributed by atoms with van der Waals surface area (Å²) >= 11 is 0. The van der Waals surface area contributed by atoms with Crippen LogP contribution >= 0.6 is 0 Å². The van der Waals surface area contributed by atoms with Crippen molar-refractivity contribution >= 4 is 28.3 Å². The van der Waals surface area contributed by atoms with E-state index in [9.17, 15) is 9.90 Å². The number of carbonyl (C=O) groups is 1. The minimum Gasteiger partial charge on any atom is -0.465 e. The average Bonchev–Trinajstić information content (AvgIpc) is 3.64. The number of carboxylic acid groups (broad SMARTS) is 1. The molecular weight excluding hydrogens is 721 g/mol. The van der Waals surface area contributed by atoms with Crippen molar-refractivity contribution in [3.8, 4) is 11.1 Å². The second-order valence-corrected chi connectivity index (χ2v) is 22.0. The summed E-state index contributed by atoms with van der Waals surface area (Å²) in [6.45, 7) is 36.1. The van der Waals surface area contributed by atoms with Crippen molar-refractivity contribution in [3.05, 3.63) is 78.4 Å². The zero-order valence-electron chi connectivity index (χ0n) is 38.0. The number of benzene rings is 2. The van der Waals surface area contributed by atoms with Crippen LogP contribution in [0.4, 0.5) is 10.6 Å². The molecule has 1 fully saturated rings. The molecule has 0 saturated carbocycles. The molecule has 0 aliphatic carbocycles. The fourth-order valence-electron chi connectivity index (χ4n) is 13.2. The van der Waals surface area contributed by atoms with Gasteiger partial charge in [0.25, 0.3) is 0 Å². The Hall–Kier alpha value is -4.44. The molecule has 0 unspecified atom stereocenters. The molecule has 1 aliphatic heterocycles. The van der Waals surface area contributed by atoms with Crippen molar-refractivity contribution < 1.29 is 9.90 Å². The maximum Gasteiger partial charge on any atom is 0.408 e. The topological polar surface area (TPSA) is 127 Å². The van der Waals surface area contributed by atoms with Gasteiger partial charge in [-0.05, 0) is 69.7 Å². The first-order valence-electron chi connectivity index (χ1n) is 21.1. The highest BCUT2D eigenvalue weighted by Gasteiger charge is 2.91. The molecule has 10 nitrogen and oxygen atoms in total. The van der Waals surface area contributed by atoms with Crippen LogP contribution in [0.2, 0.25) is 0 Å². The minimum absolute atomic E-state index is 0.299. The van der Waals surface area contributed by atoms with Gasteiger partial charge in [0.2, 0.25) is 0 Å². The third kappa shape index (κ3) is 6.14. The van der Waals surface area contributed by atoms with E-state index in [1.165, 1.54) is 11.9 Å². The van der Waals surface area contributed by atoms with Crippen LogP contribution in [0.1, 0.15) is 122 Å². The Morgan fingerprint density at radius 1 is 0.793 bits per heavy atom. The molecule has 1 saturated heterocycles. The Balaban J connectivity index is 1.34. The maximum absolute atomic E-state index is 14.0. The molecule has 10 heteroatoms. The van der Waals surface area contributed by atoms with E-state index in [4.69, 9.17) is 10.8 Å². The average molecular weight is 791 g/mol. The highest BCUT2D eigenvalue weighted by molar-refractivity contribution is 5.92. The van der Waals surface area contributed by atoms with Crippen molar-refractivity contribution in [2.75, 3.05) is 18.8 Å². The molecular formula is C48H70N8O2. The predicted molar refractivity (Wildman–Crippen MR) is 238 cm³/mol. The van der Waals surface area contributed by atoms with Gasteiger partial charge in [0.15, 0.2) is 5.82 Å². The number of nitrogen functional groups attached to an aromatic ring is 1. The standard InChI is InChI=1S/C48H70N8O2/c1-41(2,3)46(47(42(4,5)6,43(7,8)9)56(40(57)58)48(46,44(10,11)12)45(13,14)15)30-50-25-19-22-35-27-36(38-39(49)51-31-52-55(35)38)33-23-24-34-29-54(53-37(34)26-33)28-32-20-17-16-18-21-32/h16-18,20-21,23-24,26-27,29,31,50H,19,22,25,28,30H2,1-15H3,(H,57,58)(H2,49,51,52). The summed E-state index contributed by atoms with van der Waals surface area (Å²) in [6, 6.07) is 18.9. The van der Waals surface area contributed by atoms with Gasteiger partial charge in [-0.2, -0.15) is 10.2 Å². The molecule has 2 aromatic carbocycles. The van der Waals surface area contributed by atoms with Gasteiger partial charge >= 0.3 is 6.09 Å². The summed E-state index contributed by atoms with van der Waals surface area (Å²) < 4.78 is 3.93. The number of rotatable bonds is 9. The number of nitrogens with two attached hydrogens (primary N) is 1. The van der Waals surface area contributed by atoms with Gasteiger partial charge in [-0.1, -0.05) is 146 Å². The van der Waals surface area contributed by atoms with E-state index in [1.807, 2.05) is 20.2 Å². The molecule has 6 rings (SSSR count). The Kier molecular flexibility index (Phi) is 10.5. The van der Waals surface area contributed by atoms with Gasteiger partial charge in [0.1, 0.15) is 11.8 Å². The van der Waals surface area contributed by atoms with Crippen LogP contribution in [0.25, 0.3) is 27.5 Å². The van der Waals surface area contributed by atoms with Gasteiger partial charge in [-0.15, -0.1) is 0 Å². The number of anilines is 1. The minimum atomic E-state index is -0.841. The van der Waals surface area contributed by atoms with E-state index in [0.29, 0.717) is 18.9 Å². The molecule has 0 radical (unpaired) electrons. The molecule has 1 aliphatic rings. The van der Waals surface area contributed by atoms with Crippen LogP contribution in [0, 0.1) is 32.5 Å². The molecule has 0 spiro atoms. The Morgan fingerprint density at radius 3 is 1.91 bits per heavy atom. The van der Waals surface area contributed by atoms with Gasteiger partial charge in [-0.3, -0.25) is 9.58 Å². The molecule has 3 aromatic heterocycles. The highest BCUT2D eigenvalue weighted by atomic mass is 16.4. The fourth-order valence-corrected chi connectivity index (χ4v) is 13.2. The monoisotopic (exact) mass is 791 g/mol. The lowest BCUT2D eigenvalue weighted by Crippen LogP contribution is -3.01. The molecule has 4 heterocycles. The number of hydrogen-bond donors (Lipinski definition) is 3. The predicted octanol–water partition coefficient (Wildman–Crippen LogP) is 10.6. The van der Waals surface area contributed by atoms with Crippen molar-refractivity contribution in [2.45, 2.75) is 134 Å². The Labute approximate surface area is 347 Å². The number of likely N-dealkylation sites (tertiary alicyclic amines) is 1. The van der Waals surface area contributed by atoms with Crippen LogP contribution in [-0.4, -0.2) is 64.6 Å². The number of amides is 1. The van der Waals surface area contributed by atoms with Crippen molar-refractivity contribution in [3.63, 3.8) is 0 Å². The SMILES string of the molecule is CC(C)(C)C1(CNCCCc2cc(-c3ccc4cn(Cc5ccccc5)nc4c3)c3c(N)ncnn23)C(C(C)(C)C)(C(C)(C)C)N(C(=O)O)C1(C(C)(C)C)C(C)(C)C. The molecule has 314 valence electrons. The van der Waals surface area contributed by atoms with Crippen molar-refractivity contribution in [2.24, 2.45) is 32.5 Å². The Bertz CT molecular complexity index is 2220. The van der Waals surface area contributed by atoms with E-state index < -0.39 is 44.2 Å². The summed E-state index contributed by atoms with van der Waals surface area (Å²) in [6.07, 6.45) is 4.38. The molecule has 58 heavy (non-hydrogen) atoms. The normalized spacial score (nSPS) is 17.2. The number of aryl methyl sites for hydroxylation is 1. The van der Waals surface area contributed by atoms with E-state index in [0.717, 1.165) is 52.6 Å². The Morgan fingerprint density at radius 2 is 1.38 bits per heavy atom. The lowest BCUT2D eigenvalue weighted by molar-refractivity contribution is -0.409. The zero-order chi connectivity index (χ0) is 43.1. The number of fused-ring (bicyclic) bond motifs is 2.